The topological polar surface area (TPSA) is 87.9 Å². The molecule has 3 aromatic heterocycles. The number of aliphatic carboxylic acids is 1. The number of sulfonamides is 1. The van der Waals surface area contributed by atoms with Gasteiger partial charge in [0.25, 0.3) is 10.0 Å². The van der Waals surface area contributed by atoms with Gasteiger partial charge in [-0.1, -0.05) is 36.4 Å². The molecule has 1 aliphatic carbocycles. The number of aromatic nitrogens is 1. The molecule has 1 fully saturated rings. The smallest absolute Gasteiger partial charge is 0.325 e. The van der Waals surface area contributed by atoms with Crippen molar-refractivity contribution in [3.63, 3.8) is 0 Å². The Balaban J connectivity index is 1.43. The largest absolute Gasteiger partial charge is 0.480 e. The molecule has 0 spiro atoms. The zero-order valence-electron chi connectivity index (χ0n) is 15.7. The molecule has 0 aliphatic heterocycles. The van der Waals surface area contributed by atoms with Crippen molar-refractivity contribution in [2.45, 2.75) is 22.1 Å². The Morgan fingerprint density at radius 1 is 1.10 bits per heavy atom. The lowest BCUT2D eigenvalue weighted by atomic mass is 10.1. The van der Waals surface area contributed by atoms with Gasteiger partial charge in [0, 0.05) is 34.3 Å². The molecule has 2 N–H and O–H groups in total. The number of pyridine rings is 1. The highest BCUT2D eigenvalue weighted by Gasteiger charge is 2.63. The molecule has 0 saturated heterocycles. The zero-order chi connectivity index (χ0) is 20.9. The maximum atomic E-state index is 13.0. The van der Waals surface area contributed by atoms with Crippen molar-refractivity contribution in [3.05, 3.63) is 84.7 Å². The van der Waals surface area contributed by atoms with Crippen molar-refractivity contribution in [1.29, 1.82) is 0 Å². The SMILES string of the molecule is O=C(O)[C@]1(NS(=O)(=O)c2ccc(-c3cc4ccccn4c3)s2)C[C@@H]1c1ccccc1. The van der Waals surface area contributed by atoms with E-state index in [0.717, 1.165) is 32.9 Å². The highest BCUT2D eigenvalue weighted by molar-refractivity contribution is 7.91. The second kappa shape index (κ2) is 6.80. The predicted molar refractivity (Wildman–Crippen MR) is 115 cm³/mol. The average Bonchev–Trinajstić information content (AvgIpc) is 3.09. The maximum absolute atomic E-state index is 13.0. The number of fused-ring (bicyclic) bond motifs is 1. The summed E-state index contributed by atoms with van der Waals surface area (Å²) in [5.74, 6) is -1.54. The Hall–Kier alpha value is -2.94. The van der Waals surface area contributed by atoms with Gasteiger partial charge in [0.1, 0.15) is 9.75 Å². The van der Waals surface area contributed by atoms with E-state index in [0.29, 0.717) is 0 Å². The molecule has 0 unspecified atom stereocenters. The van der Waals surface area contributed by atoms with Crippen molar-refractivity contribution in [2.24, 2.45) is 0 Å². The average molecular weight is 439 g/mol. The Morgan fingerprint density at radius 3 is 2.60 bits per heavy atom. The summed E-state index contributed by atoms with van der Waals surface area (Å²) in [5, 5.41) is 9.78. The fraction of sp³-hybridized carbons (Fsp3) is 0.136. The Kier molecular flexibility index (Phi) is 4.32. The molecule has 1 aromatic carbocycles. The molecule has 0 radical (unpaired) electrons. The lowest BCUT2D eigenvalue weighted by Crippen LogP contribution is -2.44. The summed E-state index contributed by atoms with van der Waals surface area (Å²) in [6, 6.07) is 20.2. The third kappa shape index (κ3) is 3.13. The molecule has 2 atom stereocenters. The number of hydrogen-bond donors (Lipinski definition) is 2. The molecular weight excluding hydrogens is 420 g/mol. The van der Waals surface area contributed by atoms with Crippen LogP contribution in [0.4, 0.5) is 0 Å². The minimum absolute atomic E-state index is 0.104. The predicted octanol–water partition coefficient (Wildman–Crippen LogP) is 3.96. The number of nitrogens with zero attached hydrogens (tertiary/aromatic N) is 1. The molecule has 5 rings (SSSR count). The molecule has 0 amide bonds. The second-order valence-corrected chi connectivity index (χ2v) is 10.4. The van der Waals surface area contributed by atoms with Crippen LogP contribution >= 0.6 is 11.3 Å². The van der Waals surface area contributed by atoms with Crippen LogP contribution in [-0.2, 0) is 14.8 Å². The van der Waals surface area contributed by atoms with Gasteiger partial charge in [0.05, 0.1) is 0 Å². The van der Waals surface area contributed by atoms with Crippen molar-refractivity contribution in [3.8, 4) is 10.4 Å². The van der Waals surface area contributed by atoms with Gasteiger partial charge in [-0.25, -0.2) is 8.42 Å². The van der Waals surface area contributed by atoms with Crippen LogP contribution in [0.25, 0.3) is 16.0 Å². The number of rotatable bonds is 6. The molecule has 3 heterocycles. The normalized spacial score (nSPS) is 21.0. The first-order chi connectivity index (χ1) is 14.4. The lowest BCUT2D eigenvalue weighted by Gasteiger charge is -2.14. The third-order valence-corrected chi connectivity index (χ3v) is 8.63. The highest BCUT2D eigenvalue weighted by atomic mass is 32.2. The first-order valence-corrected chi connectivity index (χ1v) is 11.7. The fourth-order valence-corrected chi connectivity index (χ4v) is 6.54. The van der Waals surface area contributed by atoms with Crippen molar-refractivity contribution >= 4 is 32.8 Å². The molecular formula is C22H18N2O4S2. The molecule has 0 bridgehead atoms. The standard InChI is InChI=1S/C22H18N2O4S2/c25-21(26)22(13-18(22)15-6-2-1-3-7-15)23-30(27,28)20-10-9-19(29-20)16-12-17-8-4-5-11-24(17)14-16/h1-12,14,18,23H,13H2,(H,25,26)/t18-,22+/m1/s1. The van der Waals surface area contributed by atoms with E-state index >= 15 is 0 Å². The summed E-state index contributed by atoms with van der Waals surface area (Å²) in [6.45, 7) is 0. The van der Waals surface area contributed by atoms with E-state index < -0.39 is 21.5 Å². The first kappa shape index (κ1) is 19.0. The molecule has 6 nitrogen and oxygen atoms in total. The summed E-state index contributed by atoms with van der Waals surface area (Å²) < 4.78 is 30.6. The van der Waals surface area contributed by atoms with Gasteiger partial charge in [0.2, 0.25) is 0 Å². The number of carboxylic acid groups (broad SMARTS) is 1. The summed E-state index contributed by atoms with van der Waals surface area (Å²) in [4.78, 5) is 12.8. The van der Waals surface area contributed by atoms with Gasteiger partial charge in [-0.2, -0.15) is 4.72 Å². The van der Waals surface area contributed by atoms with E-state index in [9.17, 15) is 18.3 Å². The number of carbonyl (C=O) groups is 1. The lowest BCUT2D eigenvalue weighted by molar-refractivity contribution is -0.140. The van der Waals surface area contributed by atoms with E-state index in [-0.39, 0.29) is 16.5 Å². The van der Waals surface area contributed by atoms with Gasteiger partial charge in [-0.15, -0.1) is 11.3 Å². The van der Waals surface area contributed by atoms with E-state index in [1.807, 2.05) is 71.4 Å². The minimum Gasteiger partial charge on any atom is -0.480 e. The molecule has 1 aliphatic rings. The van der Waals surface area contributed by atoms with E-state index in [4.69, 9.17) is 0 Å². The molecule has 152 valence electrons. The van der Waals surface area contributed by atoms with Gasteiger partial charge in [-0.05, 0) is 42.3 Å². The van der Waals surface area contributed by atoms with Crippen LogP contribution in [-0.4, -0.2) is 29.4 Å². The van der Waals surface area contributed by atoms with E-state index in [1.165, 1.54) is 6.07 Å². The Bertz CT molecular complexity index is 1330. The van der Waals surface area contributed by atoms with Crippen LogP contribution in [0.5, 0.6) is 0 Å². The van der Waals surface area contributed by atoms with Gasteiger partial charge < -0.3 is 9.51 Å². The van der Waals surface area contributed by atoms with Crippen LogP contribution in [0.2, 0.25) is 0 Å². The fourth-order valence-electron chi connectivity index (χ4n) is 3.84. The maximum Gasteiger partial charge on any atom is 0.325 e. The Morgan fingerprint density at radius 2 is 1.87 bits per heavy atom. The van der Waals surface area contributed by atoms with Crippen molar-refractivity contribution < 1.29 is 18.3 Å². The van der Waals surface area contributed by atoms with Crippen molar-refractivity contribution in [1.82, 2.24) is 9.12 Å². The summed E-state index contributed by atoms with van der Waals surface area (Å²) >= 11 is 1.13. The highest BCUT2D eigenvalue weighted by Crippen LogP contribution is 2.52. The van der Waals surface area contributed by atoms with Crippen LogP contribution in [0.1, 0.15) is 17.9 Å². The van der Waals surface area contributed by atoms with Crippen molar-refractivity contribution in [2.75, 3.05) is 0 Å². The van der Waals surface area contributed by atoms with Gasteiger partial charge in [0.15, 0.2) is 0 Å². The van der Waals surface area contributed by atoms with Crippen LogP contribution in [0.3, 0.4) is 0 Å². The molecule has 4 aromatic rings. The third-order valence-electron chi connectivity index (χ3n) is 5.50. The van der Waals surface area contributed by atoms with E-state index in [1.54, 1.807) is 6.07 Å². The van der Waals surface area contributed by atoms with E-state index in [2.05, 4.69) is 4.72 Å². The quantitative estimate of drug-likeness (QED) is 0.477. The summed E-state index contributed by atoms with van der Waals surface area (Å²) in [5.41, 5.74) is 1.23. The molecule has 30 heavy (non-hydrogen) atoms. The van der Waals surface area contributed by atoms with Gasteiger partial charge >= 0.3 is 5.97 Å². The monoisotopic (exact) mass is 438 g/mol. The van der Waals surface area contributed by atoms with Crippen LogP contribution < -0.4 is 4.72 Å². The zero-order valence-corrected chi connectivity index (χ0v) is 17.4. The number of hydrogen-bond acceptors (Lipinski definition) is 4. The number of nitrogens with one attached hydrogen (secondary N) is 1. The second-order valence-electron chi connectivity index (χ2n) is 7.43. The molecule has 8 heteroatoms. The van der Waals surface area contributed by atoms with Crippen LogP contribution in [0, 0.1) is 0 Å². The number of thiophene rings is 1. The summed E-state index contributed by atoms with van der Waals surface area (Å²) in [6.07, 6.45) is 4.10. The first-order valence-electron chi connectivity index (χ1n) is 9.38. The number of benzene rings is 1. The van der Waals surface area contributed by atoms with Crippen LogP contribution in [0.15, 0.2) is 83.3 Å². The van der Waals surface area contributed by atoms with Gasteiger partial charge in [-0.3, -0.25) is 4.79 Å². The summed E-state index contributed by atoms with van der Waals surface area (Å²) in [7, 11) is -3.98. The molecule has 1 saturated carbocycles. The minimum atomic E-state index is -3.98. The Labute approximate surface area is 177 Å². The number of carboxylic acids is 1.